The summed E-state index contributed by atoms with van der Waals surface area (Å²) in [5.41, 5.74) is 1.80. The number of hydrogen-bond donors (Lipinski definition) is 1. The Kier molecular flexibility index (Phi) is 5.37. The highest BCUT2D eigenvalue weighted by molar-refractivity contribution is 5.69. The van der Waals surface area contributed by atoms with Gasteiger partial charge in [-0.3, -0.25) is 0 Å². The van der Waals surface area contributed by atoms with Crippen LogP contribution >= 0.6 is 0 Å². The summed E-state index contributed by atoms with van der Waals surface area (Å²) >= 11 is 0. The van der Waals surface area contributed by atoms with Gasteiger partial charge in [0.25, 0.3) is 0 Å². The van der Waals surface area contributed by atoms with Crippen LogP contribution in [0.25, 0.3) is 16.9 Å². The Labute approximate surface area is 175 Å². The van der Waals surface area contributed by atoms with E-state index in [1.54, 1.807) is 20.4 Å². The molecular formula is C21H18F3N5O2. The second-order valence-corrected chi connectivity index (χ2v) is 6.61. The summed E-state index contributed by atoms with van der Waals surface area (Å²) in [6.45, 7) is 0.440. The van der Waals surface area contributed by atoms with Crippen LogP contribution < -0.4 is 14.8 Å². The highest BCUT2D eigenvalue weighted by atomic mass is 19.4. The standard InChI is InChI=1S/C21H18F3N5O2/c1-30-17-8-3-13(9-18(17)31-2)10-25-19-20-26-11-16(29(20)28-12-27-19)14-4-6-15(7-5-14)21(22,23)24/h3-9,11-12H,10H2,1-2H3,(H,25,27,28). The molecule has 2 aromatic carbocycles. The Bertz CT molecular complexity index is 1210. The van der Waals surface area contributed by atoms with Gasteiger partial charge in [-0.1, -0.05) is 18.2 Å². The van der Waals surface area contributed by atoms with Gasteiger partial charge in [0.2, 0.25) is 0 Å². The van der Waals surface area contributed by atoms with E-state index in [1.807, 2.05) is 18.2 Å². The van der Waals surface area contributed by atoms with E-state index in [0.717, 1.165) is 17.7 Å². The van der Waals surface area contributed by atoms with E-state index >= 15 is 0 Å². The first-order chi connectivity index (χ1) is 14.9. The number of imidazole rings is 1. The third-order valence-electron chi connectivity index (χ3n) is 4.72. The minimum absolute atomic E-state index is 0.440. The summed E-state index contributed by atoms with van der Waals surface area (Å²) in [7, 11) is 3.14. The van der Waals surface area contributed by atoms with Gasteiger partial charge in [-0.05, 0) is 29.8 Å². The average Bonchev–Trinajstić information content (AvgIpc) is 3.21. The number of benzene rings is 2. The van der Waals surface area contributed by atoms with Crippen LogP contribution in [-0.2, 0) is 12.7 Å². The van der Waals surface area contributed by atoms with Gasteiger partial charge in [-0.15, -0.1) is 0 Å². The Morgan fingerprint density at radius 2 is 1.71 bits per heavy atom. The topological polar surface area (TPSA) is 73.6 Å². The van der Waals surface area contributed by atoms with Crippen molar-refractivity contribution >= 4 is 11.5 Å². The van der Waals surface area contributed by atoms with E-state index in [2.05, 4.69) is 20.4 Å². The molecule has 0 saturated heterocycles. The Morgan fingerprint density at radius 3 is 2.39 bits per heavy atom. The number of rotatable bonds is 6. The number of nitrogens with one attached hydrogen (secondary N) is 1. The van der Waals surface area contributed by atoms with Crippen molar-refractivity contribution in [3.8, 4) is 22.8 Å². The van der Waals surface area contributed by atoms with Crippen molar-refractivity contribution in [2.75, 3.05) is 19.5 Å². The molecule has 0 unspecified atom stereocenters. The molecule has 2 aromatic heterocycles. The van der Waals surface area contributed by atoms with E-state index in [4.69, 9.17) is 9.47 Å². The maximum Gasteiger partial charge on any atom is 0.416 e. The largest absolute Gasteiger partial charge is 0.493 e. The van der Waals surface area contributed by atoms with Crippen molar-refractivity contribution in [1.82, 2.24) is 19.6 Å². The van der Waals surface area contributed by atoms with Gasteiger partial charge < -0.3 is 14.8 Å². The molecule has 1 N–H and O–H groups in total. The lowest BCUT2D eigenvalue weighted by atomic mass is 10.1. The zero-order chi connectivity index (χ0) is 22.0. The highest BCUT2D eigenvalue weighted by Crippen LogP contribution is 2.31. The minimum Gasteiger partial charge on any atom is -0.493 e. The van der Waals surface area contributed by atoms with Gasteiger partial charge in [0.05, 0.1) is 31.7 Å². The number of ether oxygens (including phenoxy) is 2. The van der Waals surface area contributed by atoms with E-state index in [0.29, 0.717) is 40.8 Å². The molecule has 4 rings (SSSR count). The SMILES string of the molecule is COc1ccc(CNc2ncnn3c(-c4ccc(C(F)(F)F)cc4)cnc23)cc1OC. The smallest absolute Gasteiger partial charge is 0.416 e. The molecule has 2 heterocycles. The molecule has 0 radical (unpaired) electrons. The number of anilines is 1. The summed E-state index contributed by atoms with van der Waals surface area (Å²) in [6.07, 6.45) is -1.48. The molecule has 0 bridgehead atoms. The van der Waals surface area contributed by atoms with Crippen LogP contribution in [0.4, 0.5) is 19.0 Å². The van der Waals surface area contributed by atoms with Gasteiger partial charge in [-0.2, -0.15) is 18.3 Å². The zero-order valence-electron chi connectivity index (χ0n) is 16.6. The lowest BCUT2D eigenvalue weighted by Gasteiger charge is -2.11. The number of alkyl halides is 3. The van der Waals surface area contributed by atoms with Crippen LogP contribution in [0.5, 0.6) is 11.5 Å². The van der Waals surface area contributed by atoms with Gasteiger partial charge in [0, 0.05) is 12.1 Å². The number of nitrogens with zero attached hydrogens (tertiary/aromatic N) is 4. The van der Waals surface area contributed by atoms with Crippen LogP contribution in [0.15, 0.2) is 55.0 Å². The van der Waals surface area contributed by atoms with Crippen molar-refractivity contribution < 1.29 is 22.6 Å². The maximum absolute atomic E-state index is 12.8. The second-order valence-electron chi connectivity index (χ2n) is 6.61. The molecule has 0 spiro atoms. The molecule has 0 aliphatic carbocycles. The van der Waals surface area contributed by atoms with Crippen LogP contribution in [0.3, 0.4) is 0 Å². The van der Waals surface area contributed by atoms with Crippen molar-refractivity contribution in [1.29, 1.82) is 0 Å². The number of hydrogen-bond acceptors (Lipinski definition) is 6. The quantitative estimate of drug-likeness (QED) is 0.489. The predicted octanol–water partition coefficient (Wildman–Crippen LogP) is 4.44. The van der Waals surface area contributed by atoms with E-state index in [9.17, 15) is 13.2 Å². The Balaban J connectivity index is 1.59. The molecule has 160 valence electrons. The number of aromatic nitrogens is 4. The van der Waals surface area contributed by atoms with E-state index in [-0.39, 0.29) is 0 Å². The van der Waals surface area contributed by atoms with E-state index < -0.39 is 11.7 Å². The maximum atomic E-state index is 12.8. The zero-order valence-corrected chi connectivity index (χ0v) is 16.6. The van der Waals surface area contributed by atoms with Crippen LogP contribution in [0, 0.1) is 0 Å². The summed E-state index contributed by atoms with van der Waals surface area (Å²) in [5.74, 6) is 1.73. The number of fused-ring (bicyclic) bond motifs is 1. The summed E-state index contributed by atoms with van der Waals surface area (Å²) in [6, 6.07) is 10.4. The van der Waals surface area contributed by atoms with Crippen molar-refractivity contribution in [2.24, 2.45) is 0 Å². The fourth-order valence-corrected chi connectivity index (χ4v) is 3.14. The first-order valence-electron chi connectivity index (χ1n) is 9.22. The van der Waals surface area contributed by atoms with Gasteiger partial charge >= 0.3 is 6.18 Å². The minimum atomic E-state index is -4.39. The Hall–Kier alpha value is -3.82. The van der Waals surface area contributed by atoms with Crippen molar-refractivity contribution in [3.63, 3.8) is 0 Å². The first kappa shape index (κ1) is 20.5. The third-order valence-corrected chi connectivity index (χ3v) is 4.72. The summed E-state index contributed by atoms with van der Waals surface area (Å²) in [4.78, 5) is 8.59. The molecule has 0 fully saturated rings. The third kappa shape index (κ3) is 4.09. The molecular weight excluding hydrogens is 411 g/mol. The summed E-state index contributed by atoms with van der Waals surface area (Å²) < 4.78 is 50.6. The lowest BCUT2D eigenvalue weighted by molar-refractivity contribution is -0.137. The molecule has 4 aromatic rings. The van der Waals surface area contributed by atoms with Crippen LogP contribution in [-0.4, -0.2) is 33.8 Å². The Morgan fingerprint density at radius 1 is 0.968 bits per heavy atom. The molecule has 7 nitrogen and oxygen atoms in total. The summed E-state index contributed by atoms with van der Waals surface area (Å²) in [5, 5.41) is 7.41. The molecule has 10 heteroatoms. The van der Waals surface area contributed by atoms with E-state index in [1.165, 1.54) is 23.0 Å². The van der Waals surface area contributed by atoms with Crippen LogP contribution in [0.2, 0.25) is 0 Å². The number of methoxy groups -OCH3 is 2. The van der Waals surface area contributed by atoms with Crippen molar-refractivity contribution in [3.05, 3.63) is 66.1 Å². The highest BCUT2D eigenvalue weighted by Gasteiger charge is 2.30. The monoisotopic (exact) mass is 429 g/mol. The molecule has 0 aliphatic heterocycles. The predicted molar refractivity (Wildman–Crippen MR) is 108 cm³/mol. The first-order valence-corrected chi connectivity index (χ1v) is 9.22. The lowest BCUT2D eigenvalue weighted by Crippen LogP contribution is -2.06. The van der Waals surface area contributed by atoms with Crippen LogP contribution in [0.1, 0.15) is 11.1 Å². The molecule has 0 atom stereocenters. The fraction of sp³-hybridized carbons (Fsp3) is 0.190. The molecule has 31 heavy (non-hydrogen) atoms. The average molecular weight is 429 g/mol. The van der Waals surface area contributed by atoms with Crippen molar-refractivity contribution in [2.45, 2.75) is 12.7 Å². The van der Waals surface area contributed by atoms with Gasteiger partial charge in [0.15, 0.2) is 23.0 Å². The number of halogens is 3. The molecule has 0 amide bonds. The molecule has 0 aliphatic rings. The molecule has 0 saturated carbocycles. The van der Waals surface area contributed by atoms with Gasteiger partial charge in [0.1, 0.15) is 6.33 Å². The van der Waals surface area contributed by atoms with Gasteiger partial charge in [-0.25, -0.2) is 14.5 Å². The fourth-order valence-electron chi connectivity index (χ4n) is 3.14. The second kappa shape index (κ2) is 8.13. The normalized spacial score (nSPS) is 11.5.